The Balaban J connectivity index is 2.21. The summed E-state index contributed by atoms with van der Waals surface area (Å²) in [5, 5.41) is 0. The van der Waals surface area contributed by atoms with Gasteiger partial charge >= 0.3 is 0 Å². The summed E-state index contributed by atoms with van der Waals surface area (Å²) in [7, 11) is 0. The van der Waals surface area contributed by atoms with Crippen molar-refractivity contribution >= 4 is 6.34 Å². The van der Waals surface area contributed by atoms with Crippen LogP contribution in [0, 0.1) is 0 Å². The molecular formula is C11H20N2. The molecule has 1 rings (SSSR count). The Labute approximate surface area is 81.3 Å². The monoisotopic (exact) mass is 180 g/mol. The van der Waals surface area contributed by atoms with Crippen LogP contribution in [-0.2, 0) is 0 Å². The van der Waals surface area contributed by atoms with Gasteiger partial charge in [0.05, 0.1) is 12.9 Å². The SMILES string of the molecule is C=CCN1C=NCC1CCCCC. The first kappa shape index (κ1) is 10.3. The molecule has 0 bridgehead atoms. The lowest BCUT2D eigenvalue weighted by molar-refractivity contribution is 0.350. The summed E-state index contributed by atoms with van der Waals surface area (Å²) in [4.78, 5) is 6.59. The lowest BCUT2D eigenvalue weighted by Crippen LogP contribution is -2.31. The maximum absolute atomic E-state index is 4.30. The zero-order chi connectivity index (χ0) is 9.52. The number of hydrogen-bond acceptors (Lipinski definition) is 2. The van der Waals surface area contributed by atoms with Gasteiger partial charge in [-0.1, -0.05) is 32.3 Å². The van der Waals surface area contributed by atoms with Crippen molar-refractivity contribution in [3.63, 3.8) is 0 Å². The molecule has 13 heavy (non-hydrogen) atoms. The molecule has 0 aromatic carbocycles. The van der Waals surface area contributed by atoms with Crippen LogP contribution in [0.15, 0.2) is 17.6 Å². The van der Waals surface area contributed by atoms with Crippen LogP contribution in [0.1, 0.15) is 32.6 Å². The fraction of sp³-hybridized carbons (Fsp3) is 0.727. The first-order valence-corrected chi connectivity index (χ1v) is 5.25. The first-order valence-electron chi connectivity index (χ1n) is 5.25. The summed E-state index contributed by atoms with van der Waals surface area (Å²) in [6.07, 6.45) is 9.18. The van der Waals surface area contributed by atoms with E-state index in [0.29, 0.717) is 6.04 Å². The van der Waals surface area contributed by atoms with E-state index in [4.69, 9.17) is 0 Å². The van der Waals surface area contributed by atoms with Gasteiger partial charge in [0.15, 0.2) is 0 Å². The second kappa shape index (κ2) is 5.79. The molecule has 0 aliphatic carbocycles. The van der Waals surface area contributed by atoms with E-state index in [1.807, 2.05) is 12.4 Å². The maximum Gasteiger partial charge on any atom is 0.0856 e. The van der Waals surface area contributed by atoms with Gasteiger partial charge in [0, 0.05) is 12.6 Å². The van der Waals surface area contributed by atoms with Gasteiger partial charge in [-0.25, -0.2) is 0 Å². The molecule has 2 nitrogen and oxygen atoms in total. The Kier molecular flexibility index (Phi) is 4.58. The second-order valence-electron chi connectivity index (χ2n) is 3.62. The molecule has 0 saturated heterocycles. The average molecular weight is 180 g/mol. The fourth-order valence-electron chi connectivity index (χ4n) is 1.71. The van der Waals surface area contributed by atoms with Crippen LogP contribution in [0.2, 0.25) is 0 Å². The summed E-state index contributed by atoms with van der Waals surface area (Å²) < 4.78 is 0. The number of aliphatic imine (C=N–C) groups is 1. The molecule has 0 radical (unpaired) electrons. The van der Waals surface area contributed by atoms with Crippen LogP contribution >= 0.6 is 0 Å². The van der Waals surface area contributed by atoms with E-state index < -0.39 is 0 Å². The molecule has 0 N–H and O–H groups in total. The van der Waals surface area contributed by atoms with Crippen molar-refractivity contribution in [1.29, 1.82) is 0 Å². The zero-order valence-corrected chi connectivity index (χ0v) is 8.58. The van der Waals surface area contributed by atoms with Gasteiger partial charge in [0.2, 0.25) is 0 Å². The van der Waals surface area contributed by atoms with Gasteiger partial charge in [-0.3, -0.25) is 4.99 Å². The molecule has 0 saturated carbocycles. The van der Waals surface area contributed by atoms with Crippen LogP contribution in [0.3, 0.4) is 0 Å². The fourth-order valence-corrected chi connectivity index (χ4v) is 1.71. The summed E-state index contributed by atoms with van der Waals surface area (Å²) in [6, 6.07) is 0.643. The number of unbranched alkanes of at least 4 members (excludes halogenated alkanes) is 2. The number of rotatable bonds is 6. The predicted molar refractivity (Wildman–Crippen MR) is 58.2 cm³/mol. The first-order chi connectivity index (χ1) is 6.38. The summed E-state index contributed by atoms with van der Waals surface area (Å²) in [5.74, 6) is 0. The minimum absolute atomic E-state index is 0.643. The predicted octanol–water partition coefficient (Wildman–Crippen LogP) is 2.47. The third-order valence-electron chi connectivity index (χ3n) is 2.50. The molecule has 0 aromatic rings. The third kappa shape index (κ3) is 3.21. The molecular weight excluding hydrogens is 160 g/mol. The standard InChI is InChI=1S/C11H20N2/c1-3-5-6-7-11-9-12-10-13(11)8-4-2/h4,10-11H,2-3,5-9H2,1H3. The van der Waals surface area contributed by atoms with E-state index in [1.165, 1.54) is 25.7 Å². The Bertz CT molecular complexity index is 175. The topological polar surface area (TPSA) is 15.6 Å². The molecule has 0 amide bonds. The number of nitrogens with zero attached hydrogens (tertiary/aromatic N) is 2. The summed E-state index contributed by atoms with van der Waals surface area (Å²) >= 11 is 0. The number of hydrogen-bond donors (Lipinski definition) is 0. The van der Waals surface area contributed by atoms with Crippen LogP contribution in [0.4, 0.5) is 0 Å². The van der Waals surface area contributed by atoms with Gasteiger partial charge in [-0.05, 0) is 6.42 Å². The second-order valence-corrected chi connectivity index (χ2v) is 3.62. The molecule has 0 spiro atoms. The lowest BCUT2D eigenvalue weighted by atomic mass is 10.1. The van der Waals surface area contributed by atoms with Gasteiger partial charge in [-0.2, -0.15) is 0 Å². The van der Waals surface area contributed by atoms with E-state index in [-0.39, 0.29) is 0 Å². The zero-order valence-electron chi connectivity index (χ0n) is 8.58. The van der Waals surface area contributed by atoms with E-state index in [2.05, 4.69) is 23.4 Å². The molecule has 1 unspecified atom stereocenters. The van der Waals surface area contributed by atoms with Crippen LogP contribution in [0.5, 0.6) is 0 Å². The van der Waals surface area contributed by atoms with Crippen molar-refractivity contribution in [2.24, 2.45) is 4.99 Å². The van der Waals surface area contributed by atoms with Crippen molar-refractivity contribution < 1.29 is 0 Å². The molecule has 0 aromatic heterocycles. The third-order valence-corrected chi connectivity index (χ3v) is 2.50. The molecule has 1 atom stereocenters. The minimum atomic E-state index is 0.643. The van der Waals surface area contributed by atoms with E-state index in [9.17, 15) is 0 Å². The van der Waals surface area contributed by atoms with E-state index in [1.54, 1.807) is 0 Å². The lowest BCUT2D eigenvalue weighted by Gasteiger charge is -2.22. The summed E-state index contributed by atoms with van der Waals surface area (Å²) in [6.45, 7) is 7.92. The van der Waals surface area contributed by atoms with Gasteiger partial charge < -0.3 is 4.90 Å². The smallest absolute Gasteiger partial charge is 0.0856 e. The highest BCUT2D eigenvalue weighted by molar-refractivity contribution is 5.58. The molecule has 1 heterocycles. The normalized spacial score (nSPS) is 21.0. The highest BCUT2D eigenvalue weighted by Crippen LogP contribution is 2.13. The Morgan fingerprint density at radius 3 is 3.15 bits per heavy atom. The quantitative estimate of drug-likeness (QED) is 0.453. The van der Waals surface area contributed by atoms with Crippen molar-refractivity contribution in [3.05, 3.63) is 12.7 Å². The van der Waals surface area contributed by atoms with Crippen LogP contribution < -0.4 is 0 Å². The molecule has 2 heteroatoms. The van der Waals surface area contributed by atoms with Crippen molar-refractivity contribution in [2.75, 3.05) is 13.1 Å². The van der Waals surface area contributed by atoms with Gasteiger partial charge in [0.25, 0.3) is 0 Å². The summed E-state index contributed by atoms with van der Waals surface area (Å²) in [5.41, 5.74) is 0. The van der Waals surface area contributed by atoms with E-state index in [0.717, 1.165) is 13.1 Å². The molecule has 1 aliphatic heterocycles. The Morgan fingerprint density at radius 1 is 1.62 bits per heavy atom. The van der Waals surface area contributed by atoms with Crippen LogP contribution in [0.25, 0.3) is 0 Å². The largest absolute Gasteiger partial charge is 0.354 e. The van der Waals surface area contributed by atoms with E-state index >= 15 is 0 Å². The van der Waals surface area contributed by atoms with Crippen molar-refractivity contribution in [3.8, 4) is 0 Å². The van der Waals surface area contributed by atoms with Crippen LogP contribution in [-0.4, -0.2) is 30.4 Å². The van der Waals surface area contributed by atoms with Crippen molar-refractivity contribution in [2.45, 2.75) is 38.6 Å². The molecule has 1 aliphatic rings. The van der Waals surface area contributed by atoms with Gasteiger partial charge in [0.1, 0.15) is 0 Å². The average Bonchev–Trinajstić information content (AvgIpc) is 2.54. The highest BCUT2D eigenvalue weighted by Gasteiger charge is 2.17. The van der Waals surface area contributed by atoms with Crippen molar-refractivity contribution in [1.82, 2.24) is 4.90 Å². The maximum atomic E-state index is 4.30. The minimum Gasteiger partial charge on any atom is -0.354 e. The van der Waals surface area contributed by atoms with Gasteiger partial charge in [-0.15, -0.1) is 6.58 Å². The Hall–Kier alpha value is -0.790. The molecule has 0 fully saturated rings. The Morgan fingerprint density at radius 2 is 2.46 bits per heavy atom. The highest BCUT2D eigenvalue weighted by atomic mass is 15.2. The molecule has 74 valence electrons.